The van der Waals surface area contributed by atoms with E-state index in [0.717, 1.165) is 10.0 Å². The summed E-state index contributed by atoms with van der Waals surface area (Å²) in [5, 5.41) is 2.51. The molecule has 0 atom stereocenters. The Labute approximate surface area is 159 Å². The molecular weight excluding hydrogens is 392 g/mol. The highest BCUT2D eigenvalue weighted by atomic mass is 79.9. The van der Waals surface area contributed by atoms with E-state index in [2.05, 4.69) is 71.2 Å². The first-order chi connectivity index (χ1) is 11.9. The third kappa shape index (κ3) is 5.30. The van der Waals surface area contributed by atoms with Crippen LogP contribution in [0, 0.1) is 0 Å². The van der Waals surface area contributed by atoms with E-state index < -0.39 is 8.07 Å². The maximum absolute atomic E-state index is 11.6. The summed E-state index contributed by atoms with van der Waals surface area (Å²) >= 11 is 3.49. The van der Waals surface area contributed by atoms with Crippen LogP contribution in [-0.4, -0.2) is 20.7 Å². The van der Waals surface area contributed by atoms with Crippen molar-refractivity contribution in [3.63, 3.8) is 0 Å². The molecule has 0 aliphatic rings. The molecular formula is C21H23BrO2Si. The van der Waals surface area contributed by atoms with Crippen molar-refractivity contribution in [1.29, 1.82) is 0 Å². The lowest BCUT2D eigenvalue weighted by Gasteiger charge is -2.25. The molecule has 0 heterocycles. The number of hydrogen-bond acceptors (Lipinski definition) is 2. The van der Waals surface area contributed by atoms with Crippen LogP contribution in [0.5, 0.6) is 0 Å². The van der Waals surface area contributed by atoms with Crippen LogP contribution in [0.1, 0.15) is 18.9 Å². The molecule has 2 aromatic carbocycles. The Morgan fingerprint density at radius 1 is 1.12 bits per heavy atom. The lowest BCUT2D eigenvalue weighted by atomic mass is 10.2. The molecule has 0 bridgehead atoms. The van der Waals surface area contributed by atoms with Crippen LogP contribution >= 0.6 is 15.9 Å². The molecule has 0 unspecified atom stereocenters. The molecule has 0 amide bonds. The van der Waals surface area contributed by atoms with Crippen LogP contribution in [0.25, 0.3) is 5.20 Å². The van der Waals surface area contributed by atoms with E-state index in [4.69, 9.17) is 4.74 Å². The van der Waals surface area contributed by atoms with Gasteiger partial charge in [0.25, 0.3) is 0 Å². The van der Waals surface area contributed by atoms with Gasteiger partial charge in [-0.15, -0.1) is 5.73 Å². The molecule has 130 valence electrons. The van der Waals surface area contributed by atoms with Crippen molar-refractivity contribution in [1.82, 2.24) is 0 Å². The largest absolute Gasteiger partial charge is 0.466 e. The zero-order valence-electron chi connectivity index (χ0n) is 14.9. The van der Waals surface area contributed by atoms with E-state index in [1.54, 1.807) is 6.08 Å². The van der Waals surface area contributed by atoms with Crippen LogP contribution in [-0.2, 0) is 9.53 Å². The van der Waals surface area contributed by atoms with Gasteiger partial charge in [-0.3, -0.25) is 4.79 Å². The van der Waals surface area contributed by atoms with Crippen molar-refractivity contribution < 1.29 is 9.53 Å². The molecule has 2 nitrogen and oxygen atoms in total. The molecule has 2 aromatic rings. The monoisotopic (exact) mass is 414 g/mol. The second-order valence-corrected chi connectivity index (χ2v) is 11.5. The predicted molar refractivity (Wildman–Crippen MR) is 110 cm³/mol. The van der Waals surface area contributed by atoms with Gasteiger partial charge in [-0.05, 0) is 35.9 Å². The van der Waals surface area contributed by atoms with E-state index in [1.807, 2.05) is 25.1 Å². The highest BCUT2D eigenvalue weighted by Crippen LogP contribution is 2.26. The second-order valence-electron chi connectivity index (χ2n) is 6.23. The van der Waals surface area contributed by atoms with Gasteiger partial charge in [-0.1, -0.05) is 76.7 Å². The summed E-state index contributed by atoms with van der Waals surface area (Å²) in [6.07, 6.45) is 2.04. The van der Waals surface area contributed by atoms with Crippen LogP contribution in [0.15, 0.2) is 70.9 Å². The Bertz CT molecular complexity index is 773. The zero-order valence-corrected chi connectivity index (χ0v) is 17.5. The fourth-order valence-corrected chi connectivity index (χ4v) is 5.63. The van der Waals surface area contributed by atoms with Crippen LogP contribution in [0.4, 0.5) is 0 Å². The normalized spacial score (nSPS) is 10.7. The smallest absolute Gasteiger partial charge is 0.310 e. The van der Waals surface area contributed by atoms with Gasteiger partial charge in [0.05, 0.1) is 13.0 Å². The lowest BCUT2D eigenvalue weighted by Crippen LogP contribution is -2.42. The van der Waals surface area contributed by atoms with Crippen molar-refractivity contribution in [3.05, 3.63) is 76.4 Å². The maximum Gasteiger partial charge on any atom is 0.310 e. The van der Waals surface area contributed by atoms with Gasteiger partial charge in [-0.2, -0.15) is 0 Å². The van der Waals surface area contributed by atoms with Crippen molar-refractivity contribution in [2.24, 2.45) is 0 Å². The van der Waals surface area contributed by atoms with Gasteiger partial charge >= 0.3 is 5.97 Å². The molecule has 0 aliphatic heterocycles. The Kier molecular flexibility index (Phi) is 7.00. The number of hydrogen-bond donors (Lipinski definition) is 0. The van der Waals surface area contributed by atoms with Crippen molar-refractivity contribution in [2.75, 3.05) is 6.61 Å². The van der Waals surface area contributed by atoms with Crippen molar-refractivity contribution in [2.45, 2.75) is 26.4 Å². The van der Waals surface area contributed by atoms with E-state index in [-0.39, 0.29) is 12.4 Å². The average molecular weight is 415 g/mol. The third-order valence-electron chi connectivity index (χ3n) is 4.07. The molecule has 4 heteroatoms. The lowest BCUT2D eigenvalue weighted by molar-refractivity contribution is -0.142. The highest BCUT2D eigenvalue weighted by Gasteiger charge is 2.29. The summed E-state index contributed by atoms with van der Waals surface area (Å²) < 4.78 is 6.05. The van der Waals surface area contributed by atoms with Gasteiger partial charge in [0, 0.05) is 4.47 Å². The molecule has 25 heavy (non-hydrogen) atoms. The Morgan fingerprint density at radius 2 is 1.76 bits per heavy atom. The summed E-state index contributed by atoms with van der Waals surface area (Å²) in [4.78, 5) is 11.6. The molecule has 0 N–H and O–H groups in total. The minimum atomic E-state index is -1.95. The van der Waals surface area contributed by atoms with Crippen molar-refractivity contribution >= 4 is 40.4 Å². The number of ether oxygens (including phenoxy) is 1. The second kappa shape index (κ2) is 9.00. The highest BCUT2D eigenvalue weighted by molar-refractivity contribution is 9.10. The van der Waals surface area contributed by atoms with E-state index in [9.17, 15) is 4.79 Å². The van der Waals surface area contributed by atoms with Gasteiger partial charge in [0.1, 0.15) is 8.07 Å². The van der Waals surface area contributed by atoms with Crippen LogP contribution < -0.4 is 5.19 Å². The Hall–Kier alpha value is -1.87. The van der Waals surface area contributed by atoms with Gasteiger partial charge in [-0.25, -0.2) is 0 Å². The summed E-state index contributed by atoms with van der Waals surface area (Å²) in [7, 11) is -1.95. The van der Waals surface area contributed by atoms with Crippen LogP contribution in [0.3, 0.4) is 0 Å². The average Bonchev–Trinajstić information content (AvgIpc) is 2.61. The van der Waals surface area contributed by atoms with E-state index in [1.165, 1.54) is 10.4 Å². The molecule has 0 saturated heterocycles. The molecule has 2 rings (SSSR count). The number of benzene rings is 2. The molecule has 0 aromatic heterocycles. The van der Waals surface area contributed by atoms with E-state index in [0.29, 0.717) is 6.61 Å². The summed E-state index contributed by atoms with van der Waals surface area (Å²) in [5.74, 6) is -0.218. The van der Waals surface area contributed by atoms with Gasteiger partial charge in [0.15, 0.2) is 0 Å². The predicted octanol–water partition coefficient (Wildman–Crippen LogP) is 5.10. The first-order valence-electron chi connectivity index (χ1n) is 8.38. The fraction of sp³-hybridized carbons (Fsp3) is 0.238. The minimum Gasteiger partial charge on any atom is -0.466 e. The molecule has 0 spiro atoms. The van der Waals surface area contributed by atoms with Gasteiger partial charge in [0.2, 0.25) is 0 Å². The first kappa shape index (κ1) is 19.5. The first-order valence-corrected chi connectivity index (χ1v) is 12.2. The number of rotatable bonds is 6. The summed E-state index contributed by atoms with van der Waals surface area (Å²) in [6.45, 7) is 6.84. The number of carbonyl (C=O) groups excluding carboxylic acids is 1. The molecule has 0 radical (unpaired) electrons. The SMILES string of the molecule is CCOC(=O)CC=C=C(c1ccc(Br)cc1)[Si](C)(C)c1ccccc1. The van der Waals surface area contributed by atoms with E-state index >= 15 is 0 Å². The maximum atomic E-state index is 11.6. The number of halogens is 1. The topological polar surface area (TPSA) is 26.3 Å². The summed E-state index contributed by atoms with van der Waals surface area (Å²) in [5.41, 5.74) is 4.56. The standard InChI is InChI=1S/C21H23BrO2Si/c1-4-24-21(23)12-8-11-20(17-13-15-18(22)16-14-17)25(2,3)19-9-6-5-7-10-19/h5-10,13-16H,4,12H2,1-3H3. The molecule has 0 saturated carbocycles. The summed E-state index contributed by atoms with van der Waals surface area (Å²) in [6, 6.07) is 18.8. The number of esters is 1. The van der Waals surface area contributed by atoms with Gasteiger partial charge < -0.3 is 4.74 Å². The van der Waals surface area contributed by atoms with Crippen LogP contribution in [0.2, 0.25) is 13.1 Å². The quantitative estimate of drug-likeness (QED) is 0.373. The molecule has 0 aliphatic carbocycles. The third-order valence-corrected chi connectivity index (χ3v) is 8.06. The Morgan fingerprint density at radius 3 is 2.36 bits per heavy atom. The molecule has 0 fully saturated rings. The minimum absolute atomic E-state index is 0.218. The zero-order chi connectivity index (χ0) is 18.3. The van der Waals surface area contributed by atoms with Crippen molar-refractivity contribution in [3.8, 4) is 0 Å². The fourth-order valence-electron chi connectivity index (χ4n) is 2.70. The number of carbonyl (C=O) groups is 1. The Balaban J connectivity index is 2.47.